The smallest absolute Gasteiger partial charge is 0.282 e. The number of benzene rings is 2. The lowest BCUT2D eigenvalue weighted by Gasteiger charge is -2.14. The van der Waals surface area contributed by atoms with Gasteiger partial charge in [-0.25, -0.2) is 0 Å². The van der Waals surface area contributed by atoms with E-state index in [4.69, 9.17) is 0 Å². The van der Waals surface area contributed by atoms with Crippen LogP contribution in [0.1, 0.15) is 22.3 Å². The van der Waals surface area contributed by atoms with Crippen molar-refractivity contribution in [3.63, 3.8) is 0 Å². The van der Waals surface area contributed by atoms with E-state index in [9.17, 15) is 26.1 Å². The first-order chi connectivity index (χ1) is 10.6. The van der Waals surface area contributed by atoms with Gasteiger partial charge in [0.25, 0.3) is 10.1 Å². The number of hydrogen-bond donors (Lipinski definition) is 1. The van der Waals surface area contributed by atoms with E-state index in [2.05, 4.69) is 0 Å². The summed E-state index contributed by atoms with van der Waals surface area (Å²) in [6.45, 7) is 1.52. The van der Waals surface area contributed by atoms with Gasteiger partial charge in [-0.1, -0.05) is 36.4 Å². The molecule has 0 aliphatic carbocycles. The summed E-state index contributed by atoms with van der Waals surface area (Å²) in [6.07, 6.45) is -4.37. The summed E-state index contributed by atoms with van der Waals surface area (Å²) in [7, 11) is -4.43. The maximum absolute atomic E-state index is 13.0. The highest BCUT2D eigenvalue weighted by Gasteiger charge is 2.32. The van der Waals surface area contributed by atoms with Crippen LogP contribution in [0.5, 0.6) is 0 Å². The zero-order valence-electron chi connectivity index (χ0n) is 12.3. The molecule has 0 atom stereocenters. The Morgan fingerprint density at radius 3 is 2.13 bits per heavy atom. The lowest BCUT2D eigenvalue weighted by atomic mass is 9.98. The van der Waals surface area contributed by atoms with Crippen LogP contribution >= 0.6 is 0 Å². The average Bonchev–Trinajstić information content (AvgIpc) is 2.43. The van der Waals surface area contributed by atoms with Crippen molar-refractivity contribution in [3.05, 3.63) is 64.7 Å². The van der Waals surface area contributed by atoms with Crippen LogP contribution in [-0.2, 0) is 29.1 Å². The monoisotopic (exact) mass is 344 g/mol. The van der Waals surface area contributed by atoms with Gasteiger partial charge >= 0.3 is 6.18 Å². The molecule has 2 aromatic rings. The Balaban J connectivity index is 2.36. The molecular formula is C16H15F3O3S. The lowest BCUT2D eigenvalue weighted by molar-refractivity contribution is -0.138. The van der Waals surface area contributed by atoms with E-state index in [-0.39, 0.29) is 23.3 Å². The maximum Gasteiger partial charge on any atom is 0.416 e. The summed E-state index contributed by atoms with van der Waals surface area (Å²) in [5, 5.41) is 0. The van der Waals surface area contributed by atoms with Gasteiger partial charge in [-0.15, -0.1) is 0 Å². The highest BCUT2D eigenvalue weighted by Crippen LogP contribution is 2.32. The minimum atomic E-state index is -4.46. The standard InChI is InChI=1S/C16H15F3O3S/c1-11-5-4-7-13(15(11)23(20,21)22)10-9-12-6-2-3-8-14(12)16(17,18)19/h2-8H,9-10H2,1H3,(H,20,21,22). The van der Waals surface area contributed by atoms with Gasteiger partial charge in [0.1, 0.15) is 0 Å². The Bertz CT molecular complexity index is 812. The van der Waals surface area contributed by atoms with Gasteiger partial charge in [-0.05, 0) is 42.5 Å². The fourth-order valence-electron chi connectivity index (χ4n) is 2.56. The number of aryl methyl sites for hydroxylation is 3. The molecule has 0 amide bonds. The van der Waals surface area contributed by atoms with E-state index in [1.165, 1.54) is 37.3 Å². The molecule has 2 rings (SSSR count). The van der Waals surface area contributed by atoms with Crippen LogP contribution in [0.2, 0.25) is 0 Å². The summed E-state index contributed by atoms with van der Waals surface area (Å²) in [6, 6.07) is 9.80. The quantitative estimate of drug-likeness (QED) is 0.852. The molecule has 0 heterocycles. The van der Waals surface area contributed by atoms with Crippen molar-refractivity contribution in [1.29, 1.82) is 0 Å². The average molecular weight is 344 g/mol. The molecule has 1 N–H and O–H groups in total. The number of alkyl halides is 3. The van der Waals surface area contributed by atoms with Crippen LogP contribution in [0.4, 0.5) is 13.2 Å². The van der Waals surface area contributed by atoms with Gasteiger partial charge in [-0.2, -0.15) is 21.6 Å². The third-order valence-corrected chi connectivity index (χ3v) is 4.64. The molecule has 0 spiro atoms. The van der Waals surface area contributed by atoms with Crippen LogP contribution in [-0.4, -0.2) is 13.0 Å². The van der Waals surface area contributed by atoms with E-state index >= 15 is 0 Å². The summed E-state index contributed by atoms with van der Waals surface area (Å²) < 4.78 is 71.2. The normalized spacial score (nSPS) is 12.4. The third-order valence-electron chi connectivity index (χ3n) is 3.54. The fourth-order valence-corrected chi connectivity index (χ4v) is 3.54. The zero-order chi connectivity index (χ0) is 17.3. The number of rotatable bonds is 4. The minimum Gasteiger partial charge on any atom is -0.282 e. The molecule has 0 aliphatic heterocycles. The molecular weight excluding hydrogens is 329 g/mol. The van der Waals surface area contributed by atoms with Crippen molar-refractivity contribution in [2.24, 2.45) is 0 Å². The number of halogens is 3. The van der Waals surface area contributed by atoms with Crippen LogP contribution in [0.15, 0.2) is 47.4 Å². The summed E-state index contributed by atoms with van der Waals surface area (Å²) in [5.74, 6) is 0. The Labute approximate surface area is 132 Å². The van der Waals surface area contributed by atoms with Crippen LogP contribution in [0.25, 0.3) is 0 Å². The van der Waals surface area contributed by atoms with Gasteiger partial charge < -0.3 is 0 Å². The summed E-state index contributed by atoms with van der Waals surface area (Å²) in [5.41, 5.74) is 0.00226. The van der Waals surface area contributed by atoms with E-state index in [1.54, 1.807) is 6.07 Å². The van der Waals surface area contributed by atoms with Crippen LogP contribution < -0.4 is 0 Å². The van der Waals surface area contributed by atoms with Gasteiger partial charge in [0, 0.05) is 0 Å². The molecule has 0 radical (unpaired) electrons. The first-order valence-corrected chi connectivity index (χ1v) is 8.26. The predicted molar refractivity (Wildman–Crippen MR) is 79.8 cm³/mol. The third kappa shape index (κ3) is 4.11. The molecule has 0 fully saturated rings. The SMILES string of the molecule is Cc1cccc(CCc2ccccc2C(F)(F)F)c1S(=O)(=O)O. The van der Waals surface area contributed by atoms with Gasteiger partial charge in [0.2, 0.25) is 0 Å². The van der Waals surface area contributed by atoms with Crippen molar-refractivity contribution < 1.29 is 26.1 Å². The highest BCUT2D eigenvalue weighted by molar-refractivity contribution is 7.86. The Kier molecular flexibility index (Phi) is 4.81. The second kappa shape index (κ2) is 6.33. The van der Waals surface area contributed by atoms with Crippen LogP contribution in [0, 0.1) is 6.92 Å². The topological polar surface area (TPSA) is 54.4 Å². The second-order valence-electron chi connectivity index (χ2n) is 5.19. The fraction of sp³-hybridized carbons (Fsp3) is 0.250. The van der Waals surface area contributed by atoms with Crippen LogP contribution in [0.3, 0.4) is 0 Å². The molecule has 124 valence electrons. The second-order valence-corrected chi connectivity index (χ2v) is 6.55. The Hall–Kier alpha value is -1.86. The first kappa shape index (κ1) is 17.5. The molecule has 0 unspecified atom stereocenters. The lowest BCUT2D eigenvalue weighted by Crippen LogP contribution is -2.11. The largest absolute Gasteiger partial charge is 0.416 e. The molecule has 0 saturated heterocycles. The molecule has 23 heavy (non-hydrogen) atoms. The van der Waals surface area contributed by atoms with E-state index in [0.717, 1.165) is 6.07 Å². The molecule has 0 saturated carbocycles. The van der Waals surface area contributed by atoms with Gasteiger partial charge in [-0.3, -0.25) is 4.55 Å². The first-order valence-electron chi connectivity index (χ1n) is 6.82. The molecule has 2 aromatic carbocycles. The van der Waals surface area contributed by atoms with Gasteiger partial charge in [0.15, 0.2) is 0 Å². The predicted octanol–water partition coefficient (Wildman–Crippen LogP) is 4.05. The molecule has 7 heteroatoms. The van der Waals surface area contributed by atoms with E-state index in [0.29, 0.717) is 11.1 Å². The summed E-state index contributed by atoms with van der Waals surface area (Å²) in [4.78, 5) is -0.232. The van der Waals surface area contributed by atoms with Gasteiger partial charge in [0.05, 0.1) is 10.5 Å². The van der Waals surface area contributed by atoms with Crippen molar-refractivity contribution in [1.82, 2.24) is 0 Å². The van der Waals surface area contributed by atoms with Crippen molar-refractivity contribution >= 4 is 10.1 Å². The highest BCUT2D eigenvalue weighted by atomic mass is 32.2. The Morgan fingerprint density at radius 2 is 1.52 bits per heavy atom. The maximum atomic E-state index is 13.0. The number of hydrogen-bond acceptors (Lipinski definition) is 2. The Morgan fingerprint density at radius 1 is 0.957 bits per heavy atom. The minimum absolute atomic E-state index is 0.0155. The van der Waals surface area contributed by atoms with Crippen molar-refractivity contribution in [3.8, 4) is 0 Å². The van der Waals surface area contributed by atoms with Crippen molar-refractivity contribution in [2.75, 3.05) is 0 Å². The molecule has 3 nitrogen and oxygen atoms in total. The van der Waals surface area contributed by atoms with E-state index in [1.807, 2.05) is 0 Å². The van der Waals surface area contributed by atoms with E-state index < -0.39 is 21.9 Å². The molecule has 0 aliphatic rings. The molecule has 0 aromatic heterocycles. The summed E-state index contributed by atoms with van der Waals surface area (Å²) >= 11 is 0. The molecule has 0 bridgehead atoms. The zero-order valence-corrected chi connectivity index (χ0v) is 13.1. The van der Waals surface area contributed by atoms with Crippen molar-refractivity contribution in [2.45, 2.75) is 30.8 Å².